The van der Waals surface area contributed by atoms with E-state index in [4.69, 9.17) is 11.6 Å². The predicted molar refractivity (Wildman–Crippen MR) is 85.6 cm³/mol. The molecule has 0 atom stereocenters. The van der Waals surface area contributed by atoms with Crippen LogP contribution in [0.25, 0.3) is 5.76 Å². The number of rotatable bonds is 3. The maximum atomic E-state index is 14.6. The van der Waals surface area contributed by atoms with Crippen molar-refractivity contribution in [2.45, 2.75) is 47.6 Å². The maximum Gasteiger partial charge on any atom is 0.418 e. The SMILES string of the molecule is O=C(/C=C(\O)c1cc(Cl)c(C(F)(F)F)c(C(F)(F)F)c1)C1(F)C(F)(F)C(F)(F)C(F)(F)C(F)(F)C1(F)F. The molecule has 20 heteroatoms. The minimum atomic E-state index is -7.71. The number of allylic oxidation sites excluding steroid dienone is 1. The zero-order chi connectivity index (χ0) is 29.6. The highest BCUT2D eigenvalue weighted by molar-refractivity contribution is 6.31. The van der Waals surface area contributed by atoms with Crippen molar-refractivity contribution in [2.24, 2.45) is 0 Å². The van der Waals surface area contributed by atoms with Crippen LogP contribution in [-0.2, 0) is 17.1 Å². The Morgan fingerprint density at radius 1 is 0.703 bits per heavy atom. The summed E-state index contributed by atoms with van der Waals surface area (Å²) >= 11 is 5.04. The Balaban J connectivity index is 2.81. The Morgan fingerprint density at radius 2 is 1.08 bits per heavy atom. The molecule has 0 heterocycles. The molecule has 1 N–H and O–H groups in total. The fraction of sp³-hybridized carbons (Fsp3) is 0.471. The van der Waals surface area contributed by atoms with E-state index in [2.05, 4.69) is 0 Å². The third-order valence-electron chi connectivity index (χ3n) is 5.02. The summed E-state index contributed by atoms with van der Waals surface area (Å²) in [5.41, 5.74) is -14.5. The first kappa shape index (κ1) is 30.8. The lowest BCUT2D eigenvalue weighted by molar-refractivity contribution is -0.475. The summed E-state index contributed by atoms with van der Waals surface area (Å²) in [5, 5.41) is 7.65. The van der Waals surface area contributed by atoms with Crippen LogP contribution in [0.5, 0.6) is 0 Å². The summed E-state index contributed by atoms with van der Waals surface area (Å²) in [5.74, 6) is -44.9. The van der Waals surface area contributed by atoms with E-state index < -0.39 is 93.0 Å². The zero-order valence-corrected chi connectivity index (χ0v) is 17.1. The van der Waals surface area contributed by atoms with E-state index in [1.54, 1.807) is 0 Å². The second-order valence-corrected chi connectivity index (χ2v) is 7.71. The van der Waals surface area contributed by atoms with Crippen LogP contribution in [0.4, 0.5) is 74.6 Å². The molecule has 2 nitrogen and oxygen atoms in total. The van der Waals surface area contributed by atoms with Crippen LogP contribution in [0, 0.1) is 0 Å². The van der Waals surface area contributed by atoms with E-state index in [9.17, 15) is 84.5 Å². The van der Waals surface area contributed by atoms with E-state index >= 15 is 0 Å². The number of ketones is 1. The quantitative estimate of drug-likeness (QED) is 0.220. The first-order chi connectivity index (χ1) is 16.0. The highest BCUT2D eigenvalue weighted by Gasteiger charge is 3.02. The Kier molecular flexibility index (Phi) is 6.66. The number of aliphatic hydroxyl groups is 1. The van der Waals surface area contributed by atoms with Crippen molar-refractivity contribution in [3.05, 3.63) is 39.9 Å². The monoisotopic (exact) mass is 598 g/mol. The zero-order valence-electron chi connectivity index (χ0n) is 16.4. The van der Waals surface area contributed by atoms with Crippen LogP contribution < -0.4 is 0 Å². The third-order valence-corrected chi connectivity index (χ3v) is 5.32. The Morgan fingerprint density at radius 3 is 1.43 bits per heavy atom. The van der Waals surface area contributed by atoms with Crippen molar-refractivity contribution in [2.75, 3.05) is 0 Å². The molecule has 1 aromatic rings. The molecule has 0 unspecified atom stereocenters. The van der Waals surface area contributed by atoms with Gasteiger partial charge in [0.1, 0.15) is 5.76 Å². The van der Waals surface area contributed by atoms with Crippen molar-refractivity contribution >= 4 is 23.1 Å². The summed E-state index contributed by atoms with van der Waals surface area (Å²) in [6.07, 6.45) is -13.3. The number of carbonyl (C=O) groups is 1. The van der Waals surface area contributed by atoms with Crippen LogP contribution in [0.1, 0.15) is 16.7 Å². The number of hydrogen-bond donors (Lipinski definition) is 1. The molecule has 37 heavy (non-hydrogen) atoms. The van der Waals surface area contributed by atoms with E-state index in [0.717, 1.165) is 0 Å². The van der Waals surface area contributed by atoms with Gasteiger partial charge in [-0.1, -0.05) is 11.6 Å². The lowest BCUT2D eigenvalue weighted by Gasteiger charge is -2.51. The fourth-order valence-electron chi connectivity index (χ4n) is 3.10. The summed E-state index contributed by atoms with van der Waals surface area (Å²) in [7, 11) is 0. The highest BCUT2D eigenvalue weighted by Crippen LogP contribution is 2.69. The molecule has 0 bridgehead atoms. The van der Waals surface area contributed by atoms with Crippen LogP contribution in [0.3, 0.4) is 0 Å². The van der Waals surface area contributed by atoms with Crippen molar-refractivity contribution in [1.29, 1.82) is 0 Å². The number of benzene rings is 1. The van der Waals surface area contributed by atoms with Crippen LogP contribution >= 0.6 is 11.6 Å². The minimum absolute atomic E-state index is 0.321. The Hall–Kier alpha value is -2.47. The van der Waals surface area contributed by atoms with E-state index in [1.165, 1.54) is 0 Å². The molecule has 0 saturated heterocycles. The lowest BCUT2D eigenvalue weighted by atomic mass is 9.70. The standard InChI is InChI=1S/C17H4ClF17O2/c18-6-2-4(1-5(11(20,21)22)9(6)12(23,24)25)7(36)3-8(37)10(19)13(26,27)15(30,31)17(34,35)16(32,33)14(10,28)29/h1-3,36H/b7-3-. The minimum Gasteiger partial charge on any atom is -0.507 e. The van der Waals surface area contributed by atoms with Crippen molar-refractivity contribution < 1.29 is 84.5 Å². The van der Waals surface area contributed by atoms with Gasteiger partial charge in [-0.15, -0.1) is 0 Å². The van der Waals surface area contributed by atoms with Gasteiger partial charge in [-0.3, -0.25) is 4.79 Å². The Bertz CT molecular complexity index is 1120. The summed E-state index contributed by atoms with van der Waals surface area (Å²) < 4.78 is 228. The molecule has 1 aliphatic rings. The van der Waals surface area contributed by atoms with Crippen LogP contribution in [0.15, 0.2) is 18.2 Å². The average Bonchev–Trinajstić information content (AvgIpc) is 2.69. The van der Waals surface area contributed by atoms with Gasteiger partial charge < -0.3 is 5.11 Å². The summed E-state index contributed by atoms with van der Waals surface area (Å²) in [4.78, 5) is 11.8. The van der Waals surface area contributed by atoms with Gasteiger partial charge >= 0.3 is 47.6 Å². The van der Waals surface area contributed by atoms with Gasteiger partial charge in [0.15, 0.2) is 0 Å². The van der Waals surface area contributed by atoms with Gasteiger partial charge in [-0.2, -0.15) is 70.2 Å². The topological polar surface area (TPSA) is 37.3 Å². The highest BCUT2D eigenvalue weighted by atomic mass is 35.5. The van der Waals surface area contributed by atoms with E-state index in [1.807, 2.05) is 0 Å². The van der Waals surface area contributed by atoms with Crippen molar-refractivity contribution in [1.82, 2.24) is 0 Å². The second-order valence-electron chi connectivity index (χ2n) is 7.30. The molecule has 210 valence electrons. The molecule has 1 saturated carbocycles. The molecule has 0 spiro atoms. The third kappa shape index (κ3) is 3.81. The molecule has 2 rings (SSSR count). The number of carbonyl (C=O) groups excluding carboxylic acids is 1. The lowest BCUT2D eigenvalue weighted by Crippen LogP contribution is -2.85. The van der Waals surface area contributed by atoms with Gasteiger partial charge in [0, 0.05) is 11.6 Å². The van der Waals surface area contributed by atoms with Crippen LogP contribution in [0.2, 0.25) is 5.02 Å². The molecule has 0 aromatic heterocycles. The summed E-state index contributed by atoms with van der Waals surface area (Å²) in [6.45, 7) is 0. The number of hydrogen-bond acceptors (Lipinski definition) is 2. The van der Waals surface area contributed by atoms with Crippen molar-refractivity contribution in [3.8, 4) is 0 Å². The maximum absolute atomic E-state index is 14.6. The first-order valence-corrected chi connectivity index (χ1v) is 8.94. The first-order valence-electron chi connectivity index (χ1n) is 8.56. The van der Waals surface area contributed by atoms with Gasteiger partial charge in [0.25, 0.3) is 0 Å². The van der Waals surface area contributed by atoms with Gasteiger partial charge in [0.2, 0.25) is 5.78 Å². The molecule has 1 fully saturated rings. The van der Waals surface area contributed by atoms with E-state index in [0.29, 0.717) is 0 Å². The molecule has 1 aromatic carbocycles. The molecule has 0 radical (unpaired) electrons. The number of aliphatic hydroxyl groups excluding tert-OH is 1. The fourth-order valence-corrected chi connectivity index (χ4v) is 3.43. The number of halogens is 18. The average molecular weight is 599 g/mol. The predicted octanol–water partition coefficient (Wildman–Crippen LogP) is 7.74. The molecular formula is C17H4ClF17O2. The number of alkyl halides is 17. The van der Waals surface area contributed by atoms with Gasteiger partial charge in [0.05, 0.1) is 16.1 Å². The normalized spacial score (nSPS) is 24.0. The van der Waals surface area contributed by atoms with Crippen molar-refractivity contribution in [3.63, 3.8) is 0 Å². The molecular weight excluding hydrogens is 595 g/mol. The van der Waals surface area contributed by atoms with Gasteiger partial charge in [-0.05, 0) is 12.1 Å². The summed E-state index contributed by atoms with van der Waals surface area (Å²) in [6, 6.07) is -1.06. The second kappa shape index (κ2) is 8.02. The Labute approximate surface area is 196 Å². The largest absolute Gasteiger partial charge is 0.507 e. The van der Waals surface area contributed by atoms with Crippen LogP contribution in [-0.4, -0.2) is 46.2 Å². The van der Waals surface area contributed by atoms with E-state index in [-0.39, 0.29) is 6.07 Å². The molecule has 1 aliphatic carbocycles. The smallest absolute Gasteiger partial charge is 0.418 e. The molecule has 0 amide bonds. The molecule has 0 aliphatic heterocycles. The van der Waals surface area contributed by atoms with Gasteiger partial charge in [-0.25, -0.2) is 4.39 Å².